The van der Waals surface area contributed by atoms with Crippen LogP contribution in [0.25, 0.3) is 0 Å². The molecular formula is C24H20OS5. The average Bonchev–Trinajstić information content (AvgIpc) is 2.75. The molecule has 0 saturated heterocycles. The standard InChI is InChI=1S/C12H10OS2.C12H10S3/c14-11-5-1-9(2-6-11)13-10-3-7-12(15)8-4-10;13-9-1-5-11(6-2-9)15-12-7-3-10(14)4-8-12/h1-8,14-15H;1-8,13-14H. The van der Waals surface area contributed by atoms with Crippen LogP contribution >= 0.6 is 62.3 Å². The number of ether oxygens (including phenoxy) is 1. The van der Waals surface area contributed by atoms with Gasteiger partial charge < -0.3 is 4.74 Å². The highest BCUT2D eigenvalue weighted by Crippen LogP contribution is 2.28. The van der Waals surface area contributed by atoms with Crippen molar-refractivity contribution in [2.24, 2.45) is 0 Å². The van der Waals surface area contributed by atoms with Crippen LogP contribution in [0.2, 0.25) is 0 Å². The van der Waals surface area contributed by atoms with E-state index in [0.717, 1.165) is 31.1 Å². The first kappa shape index (κ1) is 23.1. The third kappa shape index (κ3) is 7.93. The monoisotopic (exact) mass is 484 g/mol. The third-order valence-electron chi connectivity index (χ3n) is 3.82. The zero-order valence-electron chi connectivity index (χ0n) is 15.8. The molecule has 6 heteroatoms. The summed E-state index contributed by atoms with van der Waals surface area (Å²) in [5, 5.41) is 0. The van der Waals surface area contributed by atoms with Gasteiger partial charge in [-0.25, -0.2) is 0 Å². The molecule has 0 aliphatic carbocycles. The Morgan fingerprint density at radius 3 is 0.967 bits per heavy atom. The van der Waals surface area contributed by atoms with E-state index in [2.05, 4.69) is 74.8 Å². The molecule has 0 N–H and O–H groups in total. The van der Waals surface area contributed by atoms with Crippen molar-refractivity contribution in [2.45, 2.75) is 29.4 Å². The molecule has 152 valence electrons. The molecule has 4 rings (SSSR count). The van der Waals surface area contributed by atoms with E-state index in [0.29, 0.717) is 0 Å². The van der Waals surface area contributed by atoms with Crippen LogP contribution in [-0.2, 0) is 0 Å². The Morgan fingerprint density at radius 1 is 0.400 bits per heavy atom. The van der Waals surface area contributed by atoms with Crippen LogP contribution in [-0.4, -0.2) is 0 Å². The molecule has 0 unspecified atom stereocenters. The summed E-state index contributed by atoms with van der Waals surface area (Å²) in [5.41, 5.74) is 0. The second-order valence-electron chi connectivity index (χ2n) is 6.18. The van der Waals surface area contributed by atoms with Crippen molar-refractivity contribution in [1.82, 2.24) is 0 Å². The molecular weight excluding hydrogens is 465 g/mol. The lowest BCUT2D eigenvalue weighted by atomic mass is 10.3. The van der Waals surface area contributed by atoms with Crippen LogP contribution in [0, 0.1) is 0 Å². The summed E-state index contributed by atoms with van der Waals surface area (Å²) >= 11 is 18.7. The maximum absolute atomic E-state index is 5.62. The first-order chi connectivity index (χ1) is 14.5. The highest BCUT2D eigenvalue weighted by molar-refractivity contribution is 7.99. The van der Waals surface area contributed by atoms with E-state index >= 15 is 0 Å². The predicted molar refractivity (Wildman–Crippen MR) is 139 cm³/mol. The Labute approximate surface area is 203 Å². The van der Waals surface area contributed by atoms with E-state index in [-0.39, 0.29) is 0 Å². The van der Waals surface area contributed by atoms with Gasteiger partial charge in [-0.3, -0.25) is 0 Å². The van der Waals surface area contributed by atoms with Crippen LogP contribution in [0.15, 0.2) is 126 Å². The largest absolute Gasteiger partial charge is 0.457 e. The summed E-state index contributed by atoms with van der Waals surface area (Å²) in [5.74, 6) is 1.61. The van der Waals surface area contributed by atoms with Crippen molar-refractivity contribution in [3.63, 3.8) is 0 Å². The van der Waals surface area contributed by atoms with Gasteiger partial charge in [0.25, 0.3) is 0 Å². The number of hydrogen-bond donors (Lipinski definition) is 4. The Kier molecular flexibility index (Phi) is 9.03. The fraction of sp³-hybridized carbons (Fsp3) is 0. The van der Waals surface area contributed by atoms with Crippen molar-refractivity contribution >= 4 is 62.3 Å². The number of rotatable bonds is 4. The molecule has 0 atom stereocenters. The predicted octanol–water partition coefficient (Wildman–Crippen LogP) is 8.47. The van der Waals surface area contributed by atoms with Crippen molar-refractivity contribution in [1.29, 1.82) is 0 Å². The van der Waals surface area contributed by atoms with Gasteiger partial charge in [0.1, 0.15) is 11.5 Å². The fourth-order valence-electron chi connectivity index (χ4n) is 2.33. The molecule has 0 heterocycles. The van der Waals surface area contributed by atoms with Gasteiger partial charge in [-0.2, -0.15) is 0 Å². The lowest BCUT2D eigenvalue weighted by Gasteiger charge is -2.05. The molecule has 1 nitrogen and oxygen atoms in total. The summed E-state index contributed by atoms with van der Waals surface area (Å²) < 4.78 is 5.62. The number of thiol groups is 4. The molecule has 0 fully saturated rings. The zero-order valence-corrected chi connectivity index (χ0v) is 20.2. The second-order valence-corrected chi connectivity index (χ2v) is 9.39. The summed E-state index contributed by atoms with van der Waals surface area (Å²) in [6.45, 7) is 0. The molecule has 0 aliphatic heterocycles. The SMILES string of the molecule is Sc1ccc(Oc2ccc(S)cc2)cc1.Sc1ccc(Sc2ccc(S)cc2)cc1. The fourth-order valence-corrected chi connectivity index (χ4v) is 3.74. The lowest BCUT2D eigenvalue weighted by molar-refractivity contribution is 0.482. The highest BCUT2D eigenvalue weighted by Gasteiger charge is 1.97. The van der Waals surface area contributed by atoms with Gasteiger partial charge in [-0.15, -0.1) is 50.5 Å². The maximum atomic E-state index is 5.62. The van der Waals surface area contributed by atoms with Crippen molar-refractivity contribution in [3.05, 3.63) is 97.1 Å². The van der Waals surface area contributed by atoms with Gasteiger partial charge in [-0.1, -0.05) is 11.8 Å². The number of hydrogen-bond acceptors (Lipinski definition) is 6. The molecule has 0 saturated carbocycles. The minimum absolute atomic E-state index is 0.805. The number of benzene rings is 4. The van der Waals surface area contributed by atoms with Gasteiger partial charge in [-0.05, 0) is 97.1 Å². The van der Waals surface area contributed by atoms with Crippen molar-refractivity contribution in [3.8, 4) is 11.5 Å². The van der Waals surface area contributed by atoms with E-state index in [4.69, 9.17) is 4.74 Å². The summed E-state index contributed by atoms with van der Waals surface area (Å²) in [6.07, 6.45) is 0. The minimum atomic E-state index is 0.805. The van der Waals surface area contributed by atoms with Crippen LogP contribution in [0.4, 0.5) is 0 Å². The Morgan fingerprint density at radius 2 is 0.667 bits per heavy atom. The summed E-state index contributed by atoms with van der Waals surface area (Å²) in [6, 6.07) is 31.4. The molecule has 0 aromatic heterocycles. The highest BCUT2D eigenvalue weighted by atomic mass is 32.2. The van der Waals surface area contributed by atoms with E-state index in [9.17, 15) is 0 Å². The molecule has 4 aromatic carbocycles. The summed E-state index contributed by atoms with van der Waals surface area (Å²) in [7, 11) is 0. The van der Waals surface area contributed by atoms with Crippen molar-refractivity contribution < 1.29 is 4.74 Å². The van der Waals surface area contributed by atoms with Crippen molar-refractivity contribution in [2.75, 3.05) is 0 Å². The van der Waals surface area contributed by atoms with Gasteiger partial charge in [0.05, 0.1) is 0 Å². The Hall–Kier alpha value is -1.57. The molecule has 0 spiro atoms. The average molecular weight is 485 g/mol. The van der Waals surface area contributed by atoms with Gasteiger partial charge in [0.2, 0.25) is 0 Å². The van der Waals surface area contributed by atoms with Gasteiger partial charge in [0, 0.05) is 29.4 Å². The molecule has 0 amide bonds. The Bertz CT molecular complexity index is 869. The van der Waals surface area contributed by atoms with Crippen LogP contribution in [0.5, 0.6) is 11.5 Å². The zero-order chi connectivity index (χ0) is 21.3. The smallest absolute Gasteiger partial charge is 0.127 e. The molecule has 0 aliphatic rings. The summed E-state index contributed by atoms with van der Waals surface area (Å²) in [4.78, 5) is 6.27. The quantitative estimate of drug-likeness (QED) is 0.216. The van der Waals surface area contributed by atoms with Crippen LogP contribution in [0.1, 0.15) is 0 Å². The first-order valence-electron chi connectivity index (χ1n) is 9.00. The van der Waals surface area contributed by atoms with Gasteiger partial charge in [0.15, 0.2) is 0 Å². The second kappa shape index (κ2) is 11.7. The third-order valence-corrected chi connectivity index (χ3v) is 6.03. The Balaban J connectivity index is 0.000000171. The van der Waals surface area contributed by atoms with Gasteiger partial charge >= 0.3 is 0 Å². The molecule has 0 bridgehead atoms. The molecule has 0 radical (unpaired) electrons. The normalized spacial score (nSPS) is 10.1. The topological polar surface area (TPSA) is 9.23 Å². The first-order valence-corrected chi connectivity index (χ1v) is 11.6. The lowest BCUT2D eigenvalue weighted by Crippen LogP contribution is -1.82. The molecule has 30 heavy (non-hydrogen) atoms. The van der Waals surface area contributed by atoms with E-state index in [1.807, 2.05) is 72.8 Å². The minimum Gasteiger partial charge on any atom is -0.457 e. The molecule has 4 aromatic rings. The van der Waals surface area contributed by atoms with E-state index in [1.54, 1.807) is 11.8 Å². The van der Waals surface area contributed by atoms with Crippen LogP contribution < -0.4 is 4.74 Å². The van der Waals surface area contributed by atoms with E-state index in [1.165, 1.54) is 9.79 Å². The van der Waals surface area contributed by atoms with E-state index < -0.39 is 0 Å². The van der Waals surface area contributed by atoms with Crippen LogP contribution in [0.3, 0.4) is 0 Å². The maximum Gasteiger partial charge on any atom is 0.127 e.